The molecule has 7 nitrogen and oxygen atoms in total. The maximum atomic E-state index is 12.4. The van der Waals surface area contributed by atoms with Crippen molar-refractivity contribution in [2.45, 2.75) is 31.5 Å². The van der Waals surface area contributed by atoms with Crippen molar-refractivity contribution in [1.29, 1.82) is 0 Å². The second-order valence-electron chi connectivity index (χ2n) is 5.89. The van der Waals surface area contributed by atoms with E-state index in [-0.39, 0.29) is 23.9 Å². The summed E-state index contributed by atoms with van der Waals surface area (Å²) in [6, 6.07) is 3.47. The largest absolute Gasteiger partial charge is 0.454 e. The van der Waals surface area contributed by atoms with Crippen molar-refractivity contribution in [1.82, 2.24) is 19.9 Å². The molecular formula is C16H19F3N6O. The summed E-state index contributed by atoms with van der Waals surface area (Å²) in [6.07, 6.45) is 1.88. The number of nitrogens with zero attached hydrogens (tertiary/aromatic N) is 5. The molecule has 1 saturated heterocycles. The van der Waals surface area contributed by atoms with Crippen LogP contribution in [-0.4, -0.2) is 46.3 Å². The molecule has 0 unspecified atom stereocenters. The fourth-order valence-electron chi connectivity index (χ4n) is 2.89. The number of alkyl halides is 3. The van der Waals surface area contributed by atoms with E-state index in [2.05, 4.69) is 25.3 Å². The highest BCUT2D eigenvalue weighted by molar-refractivity contribution is 5.41. The van der Waals surface area contributed by atoms with Gasteiger partial charge >= 0.3 is 12.2 Å². The zero-order valence-corrected chi connectivity index (χ0v) is 14.2. The van der Waals surface area contributed by atoms with Gasteiger partial charge in [-0.1, -0.05) is 6.07 Å². The summed E-state index contributed by atoms with van der Waals surface area (Å²) in [5.41, 5.74) is 1.01. The summed E-state index contributed by atoms with van der Waals surface area (Å²) in [4.78, 5) is 18.4. The number of hydrogen-bond acceptors (Lipinski definition) is 7. The van der Waals surface area contributed by atoms with Gasteiger partial charge in [-0.05, 0) is 30.9 Å². The molecule has 2 aromatic rings. The van der Waals surface area contributed by atoms with E-state index in [0.29, 0.717) is 6.54 Å². The smallest absolute Gasteiger partial charge is 0.422 e. The van der Waals surface area contributed by atoms with E-state index in [1.54, 1.807) is 19.4 Å². The van der Waals surface area contributed by atoms with Gasteiger partial charge in [0.05, 0.1) is 6.04 Å². The van der Waals surface area contributed by atoms with Gasteiger partial charge in [0.15, 0.2) is 6.61 Å². The van der Waals surface area contributed by atoms with Gasteiger partial charge in [-0.25, -0.2) is 0 Å². The number of pyridine rings is 1. The van der Waals surface area contributed by atoms with Gasteiger partial charge in [0, 0.05) is 26.0 Å². The van der Waals surface area contributed by atoms with Gasteiger partial charge in [-0.3, -0.25) is 4.98 Å². The lowest BCUT2D eigenvalue weighted by Gasteiger charge is -2.36. The fraction of sp³-hybridized carbons (Fsp3) is 0.500. The third kappa shape index (κ3) is 4.50. The van der Waals surface area contributed by atoms with Crippen molar-refractivity contribution < 1.29 is 17.9 Å². The van der Waals surface area contributed by atoms with E-state index in [0.717, 1.165) is 24.8 Å². The maximum Gasteiger partial charge on any atom is 0.422 e. The topological polar surface area (TPSA) is 76.1 Å². The number of piperidine rings is 1. The monoisotopic (exact) mass is 368 g/mol. The van der Waals surface area contributed by atoms with Crippen LogP contribution >= 0.6 is 0 Å². The lowest BCUT2D eigenvalue weighted by Crippen LogP contribution is -2.35. The number of ether oxygens (including phenoxy) is 1. The lowest BCUT2D eigenvalue weighted by atomic mass is 9.97. The average Bonchev–Trinajstić information content (AvgIpc) is 2.66. The first-order chi connectivity index (χ1) is 12.5. The summed E-state index contributed by atoms with van der Waals surface area (Å²) >= 11 is 0. The Morgan fingerprint density at radius 2 is 2.12 bits per heavy atom. The van der Waals surface area contributed by atoms with Crippen LogP contribution in [0, 0.1) is 0 Å². The molecule has 0 aliphatic carbocycles. The summed E-state index contributed by atoms with van der Waals surface area (Å²) < 4.78 is 42.0. The third-order valence-electron chi connectivity index (χ3n) is 4.02. The Morgan fingerprint density at radius 1 is 1.27 bits per heavy atom. The molecule has 3 rings (SSSR count). The minimum atomic E-state index is -4.46. The SMILES string of the molecule is CNc1nc(OCC(F)(F)F)nc(N2CCCC[C@@H]2c2cccnc2)n1. The molecule has 0 amide bonds. The molecule has 0 aromatic carbocycles. The summed E-state index contributed by atoms with van der Waals surface area (Å²) in [5, 5.41) is 2.74. The first-order valence-electron chi connectivity index (χ1n) is 8.26. The molecule has 1 fully saturated rings. The van der Waals surface area contributed by atoms with E-state index >= 15 is 0 Å². The lowest BCUT2D eigenvalue weighted by molar-refractivity contribution is -0.154. The van der Waals surface area contributed by atoms with Gasteiger partial charge < -0.3 is 15.0 Å². The van der Waals surface area contributed by atoms with Crippen molar-refractivity contribution >= 4 is 11.9 Å². The molecule has 0 spiro atoms. The van der Waals surface area contributed by atoms with Gasteiger partial charge in [-0.15, -0.1) is 0 Å². The highest BCUT2D eigenvalue weighted by atomic mass is 19.4. The number of aromatic nitrogens is 4. The summed E-state index contributed by atoms with van der Waals surface area (Å²) in [5.74, 6) is 0.442. The highest BCUT2D eigenvalue weighted by Gasteiger charge is 2.30. The van der Waals surface area contributed by atoms with Crippen molar-refractivity contribution in [2.75, 3.05) is 30.4 Å². The Balaban J connectivity index is 1.90. The number of halogens is 3. The number of rotatable bonds is 5. The van der Waals surface area contributed by atoms with Crippen LogP contribution in [0.15, 0.2) is 24.5 Å². The van der Waals surface area contributed by atoms with E-state index < -0.39 is 12.8 Å². The molecule has 26 heavy (non-hydrogen) atoms. The van der Waals surface area contributed by atoms with Crippen LogP contribution in [0.4, 0.5) is 25.1 Å². The van der Waals surface area contributed by atoms with Crippen LogP contribution in [0.5, 0.6) is 6.01 Å². The first kappa shape index (κ1) is 18.2. The third-order valence-corrected chi connectivity index (χ3v) is 4.02. The summed E-state index contributed by atoms with van der Waals surface area (Å²) in [6.45, 7) is -0.767. The Labute approximate surface area is 148 Å². The average molecular weight is 368 g/mol. The predicted molar refractivity (Wildman–Crippen MR) is 89.1 cm³/mol. The Bertz CT molecular complexity index is 728. The van der Waals surface area contributed by atoms with E-state index in [4.69, 9.17) is 4.74 Å². The van der Waals surface area contributed by atoms with Crippen LogP contribution in [0.3, 0.4) is 0 Å². The van der Waals surface area contributed by atoms with Crippen LogP contribution in [0.2, 0.25) is 0 Å². The first-order valence-corrected chi connectivity index (χ1v) is 8.26. The molecule has 1 aliphatic heterocycles. The fourth-order valence-corrected chi connectivity index (χ4v) is 2.89. The predicted octanol–water partition coefficient (Wildman–Crippen LogP) is 2.98. The molecule has 0 radical (unpaired) electrons. The zero-order valence-electron chi connectivity index (χ0n) is 14.2. The molecule has 1 atom stereocenters. The minimum Gasteiger partial charge on any atom is -0.454 e. The number of anilines is 2. The van der Waals surface area contributed by atoms with Crippen molar-refractivity contribution in [2.24, 2.45) is 0 Å². The van der Waals surface area contributed by atoms with Crippen LogP contribution < -0.4 is 15.0 Å². The molecule has 3 heterocycles. The Kier molecular flexibility index (Phi) is 5.38. The highest BCUT2D eigenvalue weighted by Crippen LogP contribution is 2.33. The minimum absolute atomic E-state index is 0.0000206. The van der Waals surface area contributed by atoms with Crippen LogP contribution in [-0.2, 0) is 0 Å². The van der Waals surface area contributed by atoms with Gasteiger partial charge in [0.1, 0.15) is 0 Å². The van der Waals surface area contributed by atoms with Crippen molar-refractivity contribution in [3.63, 3.8) is 0 Å². The molecule has 2 aromatic heterocycles. The molecular weight excluding hydrogens is 349 g/mol. The van der Waals surface area contributed by atoms with E-state index in [1.807, 2.05) is 17.0 Å². The standard InChI is InChI=1S/C16H19F3N6O/c1-20-13-22-14(24-15(23-13)26-10-16(17,18)19)25-8-3-2-6-12(25)11-5-4-7-21-9-11/h4-5,7,9,12H,2-3,6,8,10H2,1H3,(H,20,22,23,24)/t12-/m1/s1. The van der Waals surface area contributed by atoms with Gasteiger partial charge in [0.2, 0.25) is 11.9 Å². The Hall–Kier alpha value is -2.65. The Morgan fingerprint density at radius 3 is 2.81 bits per heavy atom. The van der Waals surface area contributed by atoms with Crippen LogP contribution in [0.1, 0.15) is 30.9 Å². The quantitative estimate of drug-likeness (QED) is 0.869. The van der Waals surface area contributed by atoms with E-state index in [9.17, 15) is 13.2 Å². The second-order valence-corrected chi connectivity index (χ2v) is 5.89. The molecule has 140 valence electrons. The summed E-state index contributed by atoms with van der Waals surface area (Å²) in [7, 11) is 1.58. The molecule has 0 saturated carbocycles. The van der Waals surface area contributed by atoms with Gasteiger partial charge in [0.25, 0.3) is 0 Å². The van der Waals surface area contributed by atoms with Crippen LogP contribution in [0.25, 0.3) is 0 Å². The molecule has 10 heteroatoms. The molecule has 1 aliphatic rings. The second kappa shape index (κ2) is 7.71. The normalized spacial score (nSPS) is 17.8. The van der Waals surface area contributed by atoms with Crippen molar-refractivity contribution in [3.05, 3.63) is 30.1 Å². The van der Waals surface area contributed by atoms with Crippen molar-refractivity contribution in [3.8, 4) is 6.01 Å². The number of nitrogens with one attached hydrogen (secondary N) is 1. The van der Waals surface area contributed by atoms with Gasteiger partial charge in [-0.2, -0.15) is 28.1 Å². The maximum absolute atomic E-state index is 12.4. The molecule has 1 N–H and O–H groups in total. The number of hydrogen-bond donors (Lipinski definition) is 1. The molecule has 0 bridgehead atoms. The zero-order chi connectivity index (χ0) is 18.6. The van der Waals surface area contributed by atoms with E-state index in [1.165, 1.54) is 0 Å².